The predicted molar refractivity (Wildman–Crippen MR) is 78.1 cm³/mol. The van der Waals surface area contributed by atoms with Gasteiger partial charge in [0.1, 0.15) is 5.69 Å². The number of hydrogen-bond donors (Lipinski definition) is 2. The van der Waals surface area contributed by atoms with Gasteiger partial charge >= 0.3 is 6.16 Å². The first-order valence-electron chi connectivity index (χ1n) is 5.93. The van der Waals surface area contributed by atoms with E-state index in [9.17, 15) is 4.79 Å². The maximum Gasteiger partial charge on any atom is 0.509 e. The van der Waals surface area contributed by atoms with Crippen molar-refractivity contribution in [2.24, 2.45) is 12.1 Å². The Bertz CT molecular complexity index is 512. The van der Waals surface area contributed by atoms with E-state index in [-0.39, 0.29) is 6.61 Å². The summed E-state index contributed by atoms with van der Waals surface area (Å²) in [4.78, 5) is 11.2. The molecule has 0 saturated carbocycles. The Kier molecular flexibility index (Phi) is 4.65. The third-order valence-corrected chi connectivity index (χ3v) is 3.30. The fourth-order valence-electron chi connectivity index (χ4n) is 1.57. The number of aromatic nitrogens is 2. The summed E-state index contributed by atoms with van der Waals surface area (Å²) in [6.07, 6.45) is 0.412. The van der Waals surface area contributed by atoms with Crippen LogP contribution in [0.15, 0.2) is 11.3 Å². The van der Waals surface area contributed by atoms with Crippen molar-refractivity contribution in [1.29, 1.82) is 0 Å². The van der Waals surface area contributed by atoms with Crippen molar-refractivity contribution in [3.05, 3.63) is 15.5 Å². The van der Waals surface area contributed by atoms with Crippen LogP contribution in [0.1, 0.15) is 19.5 Å². The molecule has 0 bridgehead atoms. The van der Waals surface area contributed by atoms with Gasteiger partial charge in [0.15, 0.2) is 12.1 Å². The largest absolute Gasteiger partial charge is 0.509 e. The molecule has 0 aromatic carbocycles. The van der Waals surface area contributed by atoms with Crippen molar-refractivity contribution in [3.63, 3.8) is 0 Å². The van der Waals surface area contributed by atoms with Crippen molar-refractivity contribution in [2.45, 2.75) is 20.1 Å². The predicted octanol–water partition coefficient (Wildman–Crippen LogP) is 0.530. The maximum atomic E-state index is 11.2. The first-order valence-corrected chi connectivity index (χ1v) is 7.01. The lowest BCUT2D eigenvalue weighted by atomic mass is 10.4. The van der Waals surface area contributed by atoms with Crippen LogP contribution in [0.4, 0.5) is 4.79 Å². The zero-order chi connectivity index (χ0) is 14.7. The number of halogens is 1. The Labute approximate surface area is 129 Å². The van der Waals surface area contributed by atoms with Crippen LogP contribution >= 0.6 is 22.6 Å². The Morgan fingerprint density at radius 2 is 2.35 bits per heavy atom. The highest BCUT2D eigenvalue weighted by molar-refractivity contribution is 14.1. The molecule has 0 aliphatic carbocycles. The number of nitrogens with zero attached hydrogens (tertiary/aromatic N) is 4. The number of aryl methyl sites for hydroxylation is 1. The number of hydrazine groups is 2. The summed E-state index contributed by atoms with van der Waals surface area (Å²) in [6, 6.07) is 0. The van der Waals surface area contributed by atoms with Crippen molar-refractivity contribution < 1.29 is 14.3 Å². The highest BCUT2D eigenvalue weighted by Gasteiger charge is 2.27. The van der Waals surface area contributed by atoms with Gasteiger partial charge in [-0.15, -0.1) is 5.10 Å². The van der Waals surface area contributed by atoms with Crippen LogP contribution in [0.3, 0.4) is 0 Å². The second-order valence-corrected chi connectivity index (χ2v) is 5.07. The third-order valence-electron chi connectivity index (χ3n) is 2.51. The van der Waals surface area contributed by atoms with E-state index in [0.717, 1.165) is 9.26 Å². The van der Waals surface area contributed by atoms with Gasteiger partial charge in [0.2, 0.25) is 0 Å². The quantitative estimate of drug-likeness (QED) is 0.569. The van der Waals surface area contributed by atoms with Crippen molar-refractivity contribution in [1.82, 2.24) is 25.9 Å². The molecule has 1 aromatic heterocycles. The van der Waals surface area contributed by atoms with Gasteiger partial charge in [0, 0.05) is 7.05 Å². The molecule has 1 aliphatic rings. The van der Waals surface area contributed by atoms with E-state index in [2.05, 4.69) is 43.8 Å². The van der Waals surface area contributed by atoms with Gasteiger partial charge in [-0.25, -0.2) is 10.3 Å². The molecular formula is C10H15IN6O3. The van der Waals surface area contributed by atoms with Gasteiger partial charge in [-0.2, -0.15) is 5.10 Å². The van der Waals surface area contributed by atoms with E-state index in [1.54, 1.807) is 24.7 Å². The minimum atomic E-state index is -0.729. The highest BCUT2D eigenvalue weighted by Crippen LogP contribution is 2.13. The zero-order valence-corrected chi connectivity index (χ0v) is 13.4. The molecule has 20 heavy (non-hydrogen) atoms. The molecule has 0 spiro atoms. The van der Waals surface area contributed by atoms with E-state index >= 15 is 0 Å². The van der Waals surface area contributed by atoms with Gasteiger partial charge < -0.3 is 9.47 Å². The van der Waals surface area contributed by atoms with Crippen LogP contribution in [-0.4, -0.2) is 39.7 Å². The maximum absolute atomic E-state index is 11.2. The summed E-state index contributed by atoms with van der Waals surface area (Å²) < 4.78 is 12.4. The first kappa shape index (κ1) is 14.8. The van der Waals surface area contributed by atoms with Crippen molar-refractivity contribution in [3.8, 4) is 0 Å². The molecule has 0 fully saturated rings. The number of carbonyl (C=O) groups excluding carboxylic acids is 1. The number of hydrazone groups is 1. The molecule has 110 valence electrons. The smallest absolute Gasteiger partial charge is 0.435 e. The molecule has 1 aliphatic heterocycles. The SMILES string of the molecule is CCOC(=O)OC(C)N1NN=C(c2c(I)cnn2C)N1. The number of nitrogens with one attached hydrogen (secondary N) is 2. The van der Waals surface area contributed by atoms with Crippen molar-refractivity contribution >= 4 is 34.6 Å². The molecule has 0 radical (unpaired) electrons. The normalized spacial score (nSPS) is 16.1. The van der Waals surface area contributed by atoms with E-state index in [1.165, 1.54) is 5.12 Å². The Morgan fingerprint density at radius 1 is 1.60 bits per heavy atom. The molecule has 2 rings (SSSR count). The first-order chi connectivity index (χ1) is 9.52. The average Bonchev–Trinajstić information content (AvgIpc) is 2.97. The molecule has 0 saturated heterocycles. The topological polar surface area (TPSA) is 93.0 Å². The van der Waals surface area contributed by atoms with E-state index < -0.39 is 12.4 Å². The van der Waals surface area contributed by atoms with Crippen LogP contribution < -0.4 is 11.0 Å². The standard InChI is InChI=1S/C10H15IN6O3/c1-4-19-10(18)20-6(2)17-14-9(13-15-17)8-7(11)5-12-16(8)3/h5-6,15H,4H2,1-3H3,(H,13,14). The Morgan fingerprint density at radius 3 is 2.95 bits per heavy atom. The van der Waals surface area contributed by atoms with Gasteiger partial charge in [-0.05, 0) is 36.4 Å². The number of ether oxygens (including phenoxy) is 2. The van der Waals surface area contributed by atoms with E-state index in [1.807, 2.05) is 7.05 Å². The summed E-state index contributed by atoms with van der Waals surface area (Å²) in [5, 5.41) is 9.73. The van der Waals surface area contributed by atoms with Crippen LogP contribution in [-0.2, 0) is 16.5 Å². The lowest BCUT2D eigenvalue weighted by Crippen LogP contribution is -2.49. The summed E-state index contributed by atoms with van der Waals surface area (Å²) in [5.74, 6) is 0.591. The lowest BCUT2D eigenvalue weighted by Gasteiger charge is -2.22. The van der Waals surface area contributed by atoms with Crippen LogP contribution in [0, 0.1) is 3.57 Å². The van der Waals surface area contributed by atoms with E-state index in [4.69, 9.17) is 9.47 Å². The van der Waals surface area contributed by atoms with Gasteiger partial charge in [0.05, 0.1) is 16.4 Å². The fraction of sp³-hybridized carbons (Fsp3) is 0.500. The minimum absolute atomic E-state index is 0.265. The van der Waals surface area contributed by atoms with Gasteiger partial charge in [0.25, 0.3) is 0 Å². The fourth-order valence-corrected chi connectivity index (χ4v) is 2.30. The molecule has 1 unspecified atom stereocenters. The second-order valence-electron chi connectivity index (χ2n) is 3.91. The van der Waals surface area contributed by atoms with Gasteiger partial charge in [-0.3, -0.25) is 10.1 Å². The third kappa shape index (κ3) is 3.12. The highest BCUT2D eigenvalue weighted by atomic mass is 127. The Balaban J connectivity index is 1.96. The monoisotopic (exact) mass is 394 g/mol. The summed E-state index contributed by atoms with van der Waals surface area (Å²) in [7, 11) is 1.82. The number of rotatable bonds is 4. The summed E-state index contributed by atoms with van der Waals surface area (Å²) >= 11 is 2.17. The molecule has 0 amide bonds. The average molecular weight is 394 g/mol. The summed E-state index contributed by atoms with van der Waals surface area (Å²) in [5.41, 5.74) is 6.56. The Hall–Kier alpha value is -1.56. The lowest BCUT2D eigenvalue weighted by molar-refractivity contribution is -0.0665. The molecule has 1 aromatic rings. The molecule has 10 heteroatoms. The van der Waals surface area contributed by atoms with Crippen LogP contribution in [0.5, 0.6) is 0 Å². The number of carbonyl (C=O) groups is 1. The second kappa shape index (κ2) is 6.26. The molecule has 1 atom stereocenters. The van der Waals surface area contributed by atoms with Crippen LogP contribution in [0.25, 0.3) is 0 Å². The van der Waals surface area contributed by atoms with Gasteiger partial charge in [-0.1, -0.05) is 5.12 Å². The number of hydrogen-bond acceptors (Lipinski definition) is 8. The van der Waals surface area contributed by atoms with E-state index in [0.29, 0.717) is 5.84 Å². The number of amidine groups is 1. The minimum Gasteiger partial charge on any atom is -0.435 e. The molecule has 9 nitrogen and oxygen atoms in total. The molecule has 2 heterocycles. The van der Waals surface area contributed by atoms with Crippen LogP contribution in [0.2, 0.25) is 0 Å². The zero-order valence-electron chi connectivity index (χ0n) is 11.3. The molecule has 2 N–H and O–H groups in total. The summed E-state index contributed by atoms with van der Waals surface area (Å²) in [6.45, 7) is 3.66. The van der Waals surface area contributed by atoms with Crippen molar-refractivity contribution in [2.75, 3.05) is 6.61 Å². The molecular weight excluding hydrogens is 379 g/mol.